The minimum atomic E-state index is 0.0394. The molecular weight excluding hydrogens is 293 g/mol. The van der Waals surface area contributed by atoms with Crippen molar-refractivity contribution in [3.63, 3.8) is 0 Å². The van der Waals surface area contributed by atoms with E-state index in [4.69, 9.17) is 28.9 Å². The van der Waals surface area contributed by atoms with Gasteiger partial charge in [0.25, 0.3) is 0 Å². The predicted octanol–water partition coefficient (Wildman–Crippen LogP) is 4.26. The smallest absolute Gasteiger partial charge is 0.0663 e. The zero-order valence-electron chi connectivity index (χ0n) is 12.0. The third kappa shape index (κ3) is 3.00. The molecule has 2 rings (SSSR count). The quantitative estimate of drug-likeness (QED) is 0.916. The Hall–Kier alpha value is -1.03. The van der Waals surface area contributed by atoms with Crippen LogP contribution in [0, 0.1) is 13.8 Å². The standard InChI is InChI=1S/C15H19Cl2N3/c1-4-14(18)15-9(2)19-20(10(15)3)8-11-5-6-12(16)13(17)7-11/h5-7,14H,4,8,18H2,1-3H3. The Morgan fingerprint density at radius 2 is 1.95 bits per heavy atom. The highest BCUT2D eigenvalue weighted by molar-refractivity contribution is 6.42. The normalized spacial score (nSPS) is 12.7. The number of nitrogens with zero attached hydrogens (tertiary/aromatic N) is 2. The molecule has 20 heavy (non-hydrogen) atoms. The van der Waals surface area contributed by atoms with E-state index in [-0.39, 0.29) is 6.04 Å². The van der Waals surface area contributed by atoms with Crippen molar-refractivity contribution in [1.29, 1.82) is 0 Å². The lowest BCUT2D eigenvalue weighted by Gasteiger charge is -2.10. The van der Waals surface area contributed by atoms with Crippen LogP contribution in [0.2, 0.25) is 10.0 Å². The van der Waals surface area contributed by atoms with Gasteiger partial charge in [-0.2, -0.15) is 5.10 Å². The summed E-state index contributed by atoms with van der Waals surface area (Å²) >= 11 is 12.0. The maximum atomic E-state index is 6.15. The molecule has 0 saturated carbocycles. The molecule has 108 valence electrons. The van der Waals surface area contributed by atoms with Gasteiger partial charge in [-0.25, -0.2) is 0 Å². The Morgan fingerprint density at radius 1 is 1.25 bits per heavy atom. The maximum absolute atomic E-state index is 6.15. The minimum absolute atomic E-state index is 0.0394. The fraction of sp³-hybridized carbons (Fsp3) is 0.400. The summed E-state index contributed by atoms with van der Waals surface area (Å²) in [5.41, 5.74) is 10.5. The second-order valence-electron chi connectivity index (χ2n) is 5.01. The van der Waals surface area contributed by atoms with Crippen LogP contribution in [0.4, 0.5) is 0 Å². The number of rotatable bonds is 4. The van der Waals surface area contributed by atoms with Gasteiger partial charge in [-0.1, -0.05) is 36.2 Å². The molecule has 3 nitrogen and oxygen atoms in total. The number of aromatic nitrogens is 2. The van der Waals surface area contributed by atoms with Crippen LogP contribution < -0.4 is 5.73 Å². The van der Waals surface area contributed by atoms with E-state index in [1.165, 1.54) is 0 Å². The average molecular weight is 312 g/mol. The lowest BCUT2D eigenvalue weighted by Crippen LogP contribution is -2.11. The molecular formula is C15H19Cl2N3. The first kappa shape index (κ1) is 15.4. The Morgan fingerprint density at radius 3 is 2.55 bits per heavy atom. The van der Waals surface area contributed by atoms with E-state index in [9.17, 15) is 0 Å². The maximum Gasteiger partial charge on any atom is 0.0663 e. The van der Waals surface area contributed by atoms with Crippen LogP contribution in [0.25, 0.3) is 0 Å². The highest BCUT2D eigenvalue weighted by Gasteiger charge is 2.16. The molecule has 0 spiro atoms. The van der Waals surface area contributed by atoms with Crippen LogP contribution in [0.5, 0.6) is 0 Å². The molecule has 2 N–H and O–H groups in total. The van der Waals surface area contributed by atoms with E-state index in [1.807, 2.05) is 29.8 Å². The van der Waals surface area contributed by atoms with Crippen LogP contribution in [0.1, 0.15) is 41.9 Å². The van der Waals surface area contributed by atoms with Crippen LogP contribution >= 0.6 is 23.2 Å². The van der Waals surface area contributed by atoms with E-state index < -0.39 is 0 Å². The summed E-state index contributed by atoms with van der Waals surface area (Å²) < 4.78 is 1.97. The SMILES string of the molecule is CCC(N)c1c(C)nn(Cc2ccc(Cl)c(Cl)c2)c1C. The van der Waals surface area contributed by atoms with Crippen LogP contribution in [-0.2, 0) is 6.54 Å². The molecule has 1 unspecified atom stereocenters. The van der Waals surface area contributed by atoms with Crippen molar-refractivity contribution in [2.75, 3.05) is 0 Å². The first-order valence-corrected chi connectivity index (χ1v) is 7.43. The zero-order valence-corrected chi connectivity index (χ0v) is 13.5. The molecule has 2 aromatic rings. The first-order chi connectivity index (χ1) is 9.43. The number of halogens is 2. The molecule has 0 aliphatic heterocycles. The number of nitrogens with two attached hydrogens (primary N) is 1. The number of benzene rings is 1. The Labute approximate surface area is 129 Å². The zero-order chi connectivity index (χ0) is 14.9. The van der Waals surface area contributed by atoms with Gasteiger partial charge in [0.2, 0.25) is 0 Å². The monoisotopic (exact) mass is 311 g/mol. The summed E-state index contributed by atoms with van der Waals surface area (Å²) in [5.74, 6) is 0. The molecule has 0 bridgehead atoms. The summed E-state index contributed by atoms with van der Waals surface area (Å²) in [6, 6.07) is 5.69. The fourth-order valence-corrected chi connectivity index (χ4v) is 2.74. The summed E-state index contributed by atoms with van der Waals surface area (Å²) in [7, 11) is 0. The fourth-order valence-electron chi connectivity index (χ4n) is 2.42. The first-order valence-electron chi connectivity index (χ1n) is 6.67. The second-order valence-corrected chi connectivity index (χ2v) is 5.82. The van der Waals surface area contributed by atoms with Crippen LogP contribution in [-0.4, -0.2) is 9.78 Å². The van der Waals surface area contributed by atoms with Gasteiger partial charge in [-0.05, 0) is 38.0 Å². The highest BCUT2D eigenvalue weighted by Crippen LogP contribution is 2.25. The van der Waals surface area contributed by atoms with E-state index in [1.54, 1.807) is 0 Å². The lowest BCUT2D eigenvalue weighted by molar-refractivity contribution is 0.650. The molecule has 1 atom stereocenters. The van der Waals surface area contributed by atoms with Crippen molar-refractivity contribution in [1.82, 2.24) is 9.78 Å². The summed E-state index contributed by atoms with van der Waals surface area (Å²) in [6.45, 7) is 6.81. The molecule has 1 heterocycles. The summed E-state index contributed by atoms with van der Waals surface area (Å²) in [5, 5.41) is 5.72. The van der Waals surface area contributed by atoms with Crippen LogP contribution in [0.15, 0.2) is 18.2 Å². The molecule has 5 heteroatoms. The van der Waals surface area contributed by atoms with Gasteiger partial charge >= 0.3 is 0 Å². The minimum Gasteiger partial charge on any atom is -0.324 e. The van der Waals surface area contributed by atoms with Crippen molar-refractivity contribution in [2.24, 2.45) is 5.73 Å². The Bertz CT molecular complexity index is 620. The van der Waals surface area contributed by atoms with E-state index in [0.717, 1.165) is 28.9 Å². The summed E-state index contributed by atoms with van der Waals surface area (Å²) in [4.78, 5) is 0. The van der Waals surface area contributed by atoms with Crippen molar-refractivity contribution in [3.05, 3.63) is 50.8 Å². The van der Waals surface area contributed by atoms with Gasteiger partial charge in [-0.3, -0.25) is 4.68 Å². The predicted molar refractivity (Wildman–Crippen MR) is 84.5 cm³/mol. The van der Waals surface area contributed by atoms with Crippen LogP contribution in [0.3, 0.4) is 0 Å². The third-order valence-corrected chi connectivity index (χ3v) is 4.30. The van der Waals surface area contributed by atoms with Gasteiger partial charge in [-0.15, -0.1) is 0 Å². The van der Waals surface area contributed by atoms with Crippen molar-refractivity contribution in [3.8, 4) is 0 Å². The molecule has 0 saturated heterocycles. The molecule has 0 aliphatic carbocycles. The van der Waals surface area contributed by atoms with Gasteiger partial charge in [0.05, 0.1) is 22.3 Å². The molecule has 0 aliphatic rings. The lowest BCUT2D eigenvalue weighted by atomic mass is 10.0. The Kier molecular flexibility index (Phi) is 4.74. The third-order valence-electron chi connectivity index (χ3n) is 3.56. The van der Waals surface area contributed by atoms with Gasteiger partial charge in [0.1, 0.15) is 0 Å². The second kappa shape index (κ2) is 6.17. The molecule has 1 aromatic heterocycles. The highest BCUT2D eigenvalue weighted by atomic mass is 35.5. The van der Waals surface area contributed by atoms with E-state index in [0.29, 0.717) is 16.6 Å². The van der Waals surface area contributed by atoms with E-state index >= 15 is 0 Å². The molecule has 1 aromatic carbocycles. The van der Waals surface area contributed by atoms with E-state index in [2.05, 4.69) is 18.9 Å². The number of hydrogen-bond donors (Lipinski definition) is 1. The molecule has 0 fully saturated rings. The number of aryl methyl sites for hydroxylation is 1. The number of hydrogen-bond acceptors (Lipinski definition) is 2. The largest absolute Gasteiger partial charge is 0.324 e. The molecule has 0 radical (unpaired) electrons. The van der Waals surface area contributed by atoms with Crippen molar-refractivity contribution < 1.29 is 0 Å². The van der Waals surface area contributed by atoms with Gasteiger partial charge < -0.3 is 5.73 Å². The van der Waals surface area contributed by atoms with Crippen molar-refractivity contribution >= 4 is 23.2 Å². The molecule has 0 amide bonds. The Balaban J connectivity index is 2.32. The average Bonchev–Trinajstić information content (AvgIpc) is 2.68. The summed E-state index contributed by atoms with van der Waals surface area (Å²) in [6.07, 6.45) is 0.903. The van der Waals surface area contributed by atoms with Crippen molar-refractivity contribution in [2.45, 2.75) is 39.8 Å². The van der Waals surface area contributed by atoms with Gasteiger partial charge in [0, 0.05) is 17.3 Å². The topological polar surface area (TPSA) is 43.8 Å². The van der Waals surface area contributed by atoms with Gasteiger partial charge in [0.15, 0.2) is 0 Å².